The van der Waals surface area contributed by atoms with Crippen molar-refractivity contribution in [2.24, 2.45) is 0 Å². The zero-order chi connectivity index (χ0) is 25.7. The summed E-state index contributed by atoms with van der Waals surface area (Å²) in [6.07, 6.45) is 8.38. The number of rotatable bonds is 18. The molecule has 6 nitrogen and oxygen atoms in total. The van der Waals surface area contributed by atoms with Crippen LogP contribution in [0.4, 0.5) is 0 Å². The Morgan fingerprint density at radius 1 is 0.758 bits per heavy atom. The maximum Gasteiger partial charge on any atom is 0.306 e. The van der Waals surface area contributed by atoms with Gasteiger partial charge in [-0.15, -0.1) is 0 Å². The fraction of sp³-hybridized carbons (Fsp3) is 0.917. The van der Waals surface area contributed by atoms with Crippen molar-refractivity contribution < 1.29 is 28.5 Å². The molecule has 0 rings (SSSR count). The SMILES string of the molecule is CCC[CH2][Sn][CH2]CCC.COC(C)CCOC(=O)CCS.COC(C)CCOC(=O)CCS. The van der Waals surface area contributed by atoms with E-state index >= 15 is 0 Å². The van der Waals surface area contributed by atoms with E-state index < -0.39 is 0 Å². The number of methoxy groups -OCH3 is 2. The van der Waals surface area contributed by atoms with Crippen LogP contribution in [0.1, 0.15) is 79.1 Å². The molecule has 0 aliphatic rings. The monoisotopic (exact) mass is 618 g/mol. The Morgan fingerprint density at radius 2 is 1.12 bits per heavy atom. The van der Waals surface area contributed by atoms with Crippen molar-refractivity contribution in [1.82, 2.24) is 0 Å². The molecule has 2 radical (unpaired) electrons. The topological polar surface area (TPSA) is 71.1 Å². The van der Waals surface area contributed by atoms with Gasteiger partial charge in [-0.3, -0.25) is 9.59 Å². The molecule has 0 saturated carbocycles. The third-order valence-electron chi connectivity index (χ3n) is 4.43. The summed E-state index contributed by atoms with van der Waals surface area (Å²) >= 11 is 7.98. The minimum atomic E-state index is -0.187. The van der Waals surface area contributed by atoms with Crippen molar-refractivity contribution in [3.63, 3.8) is 0 Å². The molecule has 0 heterocycles. The predicted molar refractivity (Wildman–Crippen MR) is 146 cm³/mol. The Morgan fingerprint density at radius 3 is 1.39 bits per heavy atom. The zero-order valence-corrected chi connectivity index (χ0v) is 26.5. The molecule has 2 atom stereocenters. The van der Waals surface area contributed by atoms with E-state index in [1.165, 1.54) is 25.7 Å². The van der Waals surface area contributed by atoms with Crippen molar-refractivity contribution in [3.8, 4) is 0 Å². The molecular weight excluding hydrogens is 567 g/mol. The first-order chi connectivity index (χ1) is 15.8. The summed E-state index contributed by atoms with van der Waals surface area (Å²) < 4.78 is 23.0. The van der Waals surface area contributed by atoms with Gasteiger partial charge < -0.3 is 18.9 Å². The van der Waals surface area contributed by atoms with Gasteiger partial charge in [-0.2, -0.15) is 25.3 Å². The van der Waals surface area contributed by atoms with Gasteiger partial charge in [0.2, 0.25) is 0 Å². The van der Waals surface area contributed by atoms with Crippen LogP contribution in [0.2, 0.25) is 8.87 Å². The van der Waals surface area contributed by atoms with E-state index in [0.29, 0.717) is 37.6 Å². The molecule has 198 valence electrons. The molecule has 0 fully saturated rings. The van der Waals surface area contributed by atoms with E-state index in [1.54, 1.807) is 23.1 Å². The second-order valence-electron chi connectivity index (χ2n) is 7.52. The molecule has 0 aliphatic heterocycles. The van der Waals surface area contributed by atoms with Crippen molar-refractivity contribution in [1.29, 1.82) is 0 Å². The van der Waals surface area contributed by atoms with Gasteiger partial charge in [-0.1, -0.05) is 0 Å². The van der Waals surface area contributed by atoms with Gasteiger partial charge in [0.1, 0.15) is 0 Å². The van der Waals surface area contributed by atoms with Crippen LogP contribution in [0, 0.1) is 0 Å². The average molecular weight is 618 g/mol. The second kappa shape index (κ2) is 32.4. The van der Waals surface area contributed by atoms with Crippen molar-refractivity contribution >= 4 is 58.3 Å². The largest absolute Gasteiger partial charge is 0.466 e. The summed E-state index contributed by atoms with van der Waals surface area (Å²) in [7, 11) is 3.28. The first-order valence-electron chi connectivity index (χ1n) is 12.1. The Kier molecular flexibility index (Phi) is 37.2. The van der Waals surface area contributed by atoms with Crippen LogP contribution in [0.25, 0.3) is 0 Å². The molecule has 0 aromatic heterocycles. The molecule has 33 heavy (non-hydrogen) atoms. The minimum Gasteiger partial charge on any atom is -0.466 e. The van der Waals surface area contributed by atoms with Gasteiger partial charge in [-0.25, -0.2) is 0 Å². The van der Waals surface area contributed by atoms with Gasteiger partial charge in [0.25, 0.3) is 0 Å². The Bertz CT molecular complexity index is 380. The predicted octanol–water partition coefficient (Wildman–Crippen LogP) is 5.68. The quantitative estimate of drug-likeness (QED) is 0.0894. The van der Waals surface area contributed by atoms with E-state index in [9.17, 15) is 9.59 Å². The van der Waals surface area contributed by atoms with Crippen LogP contribution in [-0.4, -0.2) is 84.2 Å². The number of unbranched alkanes of at least 4 members (excludes halogenated alkanes) is 2. The van der Waals surface area contributed by atoms with Crippen LogP contribution >= 0.6 is 25.3 Å². The number of carbonyl (C=O) groups is 2. The van der Waals surface area contributed by atoms with Crippen LogP contribution < -0.4 is 0 Å². The molecule has 0 saturated heterocycles. The number of hydrogen-bond donors (Lipinski definition) is 2. The zero-order valence-electron chi connectivity index (χ0n) is 21.9. The maximum atomic E-state index is 10.8. The molecule has 2 unspecified atom stereocenters. The first kappa shape index (κ1) is 37.9. The fourth-order valence-corrected chi connectivity index (χ4v) is 6.49. The van der Waals surface area contributed by atoms with E-state index in [-0.39, 0.29) is 45.3 Å². The number of ether oxygens (including phenoxy) is 4. The molecule has 0 aromatic rings. The number of esters is 2. The Labute approximate surface area is 225 Å². The fourth-order valence-electron chi connectivity index (χ4n) is 1.97. The van der Waals surface area contributed by atoms with E-state index in [4.69, 9.17) is 18.9 Å². The Balaban J connectivity index is -0.000000414. The van der Waals surface area contributed by atoms with Crippen LogP contribution in [-0.2, 0) is 28.5 Å². The molecule has 0 amide bonds. The number of hydrogen-bond acceptors (Lipinski definition) is 8. The van der Waals surface area contributed by atoms with Gasteiger partial charge in [-0.05, 0) is 13.8 Å². The van der Waals surface area contributed by atoms with Crippen molar-refractivity contribution in [2.75, 3.05) is 38.9 Å². The van der Waals surface area contributed by atoms with Crippen LogP contribution in [0.15, 0.2) is 0 Å². The molecule has 0 spiro atoms. The standard InChI is InChI=1S/2C8H16O3S.2C4H9.Sn/c2*1-7(10-2)3-5-11-8(9)4-6-12;2*1-3-4-2;/h2*7,12H,3-6H2,1-2H3;2*1,3-4H2,2H3;. The third kappa shape index (κ3) is 37.1. The second-order valence-corrected chi connectivity index (χ2v) is 12.7. The normalized spacial score (nSPS) is 11.9. The average Bonchev–Trinajstić information content (AvgIpc) is 2.80. The minimum absolute atomic E-state index is 0.147. The Hall–Kier alpha value is 0.359. The van der Waals surface area contributed by atoms with E-state index in [0.717, 1.165) is 12.8 Å². The summed E-state index contributed by atoms with van der Waals surface area (Å²) in [5.41, 5.74) is 0. The summed E-state index contributed by atoms with van der Waals surface area (Å²) in [6.45, 7) is 9.32. The van der Waals surface area contributed by atoms with Gasteiger partial charge >= 0.3 is 81.5 Å². The summed E-state index contributed by atoms with van der Waals surface area (Å²) in [6, 6.07) is 0. The first-order valence-corrected chi connectivity index (χ1v) is 17.4. The number of carbonyl (C=O) groups excluding carboxylic acids is 2. The smallest absolute Gasteiger partial charge is 0.306 e. The van der Waals surface area contributed by atoms with Crippen molar-refractivity contribution in [3.05, 3.63) is 0 Å². The maximum absolute atomic E-state index is 10.8. The van der Waals surface area contributed by atoms with E-state index in [2.05, 4.69) is 39.1 Å². The van der Waals surface area contributed by atoms with Crippen molar-refractivity contribution in [2.45, 2.75) is 100 Å². The molecule has 0 bridgehead atoms. The summed E-state index contributed by atoms with van der Waals surface area (Å²) in [5, 5.41) is 0. The summed E-state index contributed by atoms with van der Waals surface area (Å²) in [5.74, 6) is 0.707. The van der Waals surface area contributed by atoms with Gasteiger partial charge in [0.15, 0.2) is 0 Å². The van der Waals surface area contributed by atoms with Gasteiger partial charge in [0.05, 0.1) is 38.3 Å². The number of thiol groups is 2. The third-order valence-corrected chi connectivity index (χ3v) is 8.91. The molecule has 0 N–H and O–H groups in total. The molecule has 0 aliphatic carbocycles. The van der Waals surface area contributed by atoms with Gasteiger partial charge in [0, 0.05) is 38.6 Å². The molecular formula is C24H50O6S2Sn. The molecule has 0 aromatic carbocycles. The van der Waals surface area contributed by atoms with Crippen LogP contribution in [0.3, 0.4) is 0 Å². The molecule has 9 heteroatoms. The van der Waals surface area contributed by atoms with Crippen LogP contribution in [0.5, 0.6) is 0 Å². The summed E-state index contributed by atoms with van der Waals surface area (Å²) in [4.78, 5) is 21.6. The van der Waals surface area contributed by atoms with E-state index in [1.807, 2.05) is 13.8 Å².